The molecule has 1 spiro atoms. The number of aromatic nitrogens is 4. The number of rotatable bonds is 4. The molecule has 0 bridgehead atoms. The van der Waals surface area contributed by atoms with E-state index in [0.29, 0.717) is 19.0 Å². The lowest BCUT2D eigenvalue weighted by atomic mass is 9.73. The van der Waals surface area contributed by atoms with E-state index in [-0.39, 0.29) is 39.7 Å². The van der Waals surface area contributed by atoms with Crippen molar-refractivity contribution < 1.29 is 14.1 Å². The zero-order valence-electron chi connectivity index (χ0n) is 21.4. The third-order valence-corrected chi connectivity index (χ3v) is 9.17. The van der Waals surface area contributed by atoms with Gasteiger partial charge in [0, 0.05) is 49.0 Å². The number of carbonyl (C=O) groups excluding carboxylic acids is 1. The first-order valence-corrected chi connectivity index (χ1v) is 13.7. The highest BCUT2D eigenvalue weighted by Gasteiger charge is 2.52. The van der Waals surface area contributed by atoms with Gasteiger partial charge < -0.3 is 19.9 Å². The summed E-state index contributed by atoms with van der Waals surface area (Å²) >= 11 is -1.17. The Labute approximate surface area is 215 Å². The first kappa shape index (κ1) is 25.2. The Morgan fingerprint density at radius 3 is 2.72 bits per heavy atom. The normalized spacial score (nSPS) is 24.7. The molecule has 2 aromatic heterocycles. The van der Waals surface area contributed by atoms with Crippen molar-refractivity contribution in [1.29, 1.82) is 0 Å². The molecule has 1 unspecified atom stereocenters. The molecule has 1 amide bonds. The van der Waals surface area contributed by atoms with Crippen LogP contribution in [0.15, 0.2) is 18.5 Å². The molecule has 3 aliphatic rings. The van der Waals surface area contributed by atoms with Crippen molar-refractivity contribution in [3.05, 3.63) is 24.2 Å². The van der Waals surface area contributed by atoms with Crippen molar-refractivity contribution in [1.82, 2.24) is 24.5 Å². The van der Waals surface area contributed by atoms with E-state index < -0.39 is 11.4 Å². The van der Waals surface area contributed by atoms with Crippen LogP contribution in [-0.2, 0) is 22.6 Å². The summed E-state index contributed by atoms with van der Waals surface area (Å²) < 4.78 is 23.7. The van der Waals surface area contributed by atoms with E-state index in [1.807, 2.05) is 31.5 Å². The van der Waals surface area contributed by atoms with Crippen LogP contribution in [0.25, 0.3) is 0 Å². The molecule has 2 aromatic rings. The van der Waals surface area contributed by atoms with Crippen molar-refractivity contribution in [2.75, 3.05) is 41.8 Å². The van der Waals surface area contributed by atoms with Gasteiger partial charge in [-0.25, -0.2) is 14.6 Å². The minimum Gasteiger partial charge on any atom is -0.598 e. The summed E-state index contributed by atoms with van der Waals surface area (Å²) in [6.45, 7) is 11.5. The molecule has 2 saturated heterocycles. The van der Waals surface area contributed by atoms with E-state index >= 15 is 0 Å². The number of anilines is 3. The van der Waals surface area contributed by atoms with Gasteiger partial charge in [0.05, 0.1) is 31.1 Å². The number of amides is 1. The number of fused-ring (bicyclic) bond motifs is 1. The smallest absolute Gasteiger partial charge is 0.281 e. The van der Waals surface area contributed by atoms with Crippen LogP contribution in [0.2, 0.25) is 0 Å². The van der Waals surface area contributed by atoms with Gasteiger partial charge in [0.1, 0.15) is 16.4 Å². The predicted octanol–water partition coefficient (Wildman–Crippen LogP) is 1.73. The van der Waals surface area contributed by atoms with Crippen LogP contribution in [0.5, 0.6) is 0 Å². The van der Waals surface area contributed by atoms with Gasteiger partial charge in [-0.15, -0.1) is 4.72 Å². The lowest BCUT2D eigenvalue weighted by Gasteiger charge is -2.43. The van der Waals surface area contributed by atoms with E-state index in [1.165, 1.54) is 0 Å². The first-order valence-electron chi connectivity index (χ1n) is 12.6. The number of carbonyl (C=O) groups is 1. The second-order valence-electron chi connectivity index (χ2n) is 11.0. The Bertz CT molecular complexity index is 1110. The standard InChI is InChI=1S/C24H36N8O3S/c1-16-20(29-36(34)23(2,3)4)24(15-35-16)7-12-30(13-8-24)17-14-26-19(21(25)28-17)22(33)31-10-5-11-32-18(31)6-9-27-32/h6,9,14,16,20,29H,5,7-8,10-13,15H2,1-4H3,(H2,25,28)/t16-,20+,36?/m0/s1. The number of ether oxygens (including phenoxy) is 1. The summed E-state index contributed by atoms with van der Waals surface area (Å²) in [4.78, 5) is 26.0. The maximum Gasteiger partial charge on any atom is 0.281 e. The molecule has 11 nitrogen and oxygen atoms in total. The summed E-state index contributed by atoms with van der Waals surface area (Å²) in [6, 6.07) is 1.85. The Kier molecular flexibility index (Phi) is 6.64. The van der Waals surface area contributed by atoms with Crippen LogP contribution in [0.1, 0.15) is 57.4 Å². The van der Waals surface area contributed by atoms with Gasteiger partial charge >= 0.3 is 0 Å². The average Bonchev–Trinajstić information content (AvgIpc) is 3.44. The van der Waals surface area contributed by atoms with Crippen molar-refractivity contribution in [3.8, 4) is 0 Å². The van der Waals surface area contributed by atoms with Crippen molar-refractivity contribution in [2.24, 2.45) is 5.41 Å². The fraction of sp³-hybridized carbons (Fsp3) is 0.667. The van der Waals surface area contributed by atoms with Crippen molar-refractivity contribution in [3.63, 3.8) is 0 Å². The Morgan fingerprint density at radius 1 is 1.28 bits per heavy atom. The van der Waals surface area contributed by atoms with Gasteiger partial charge in [0.2, 0.25) is 0 Å². The van der Waals surface area contributed by atoms with Gasteiger partial charge in [-0.3, -0.25) is 9.69 Å². The van der Waals surface area contributed by atoms with E-state index in [9.17, 15) is 9.35 Å². The predicted molar refractivity (Wildman–Crippen MR) is 139 cm³/mol. The average molecular weight is 517 g/mol. The Hall–Kier alpha value is -2.41. The van der Waals surface area contributed by atoms with Crippen LogP contribution >= 0.6 is 0 Å². The number of aryl methyl sites for hydroxylation is 1. The number of nitrogens with one attached hydrogen (secondary N) is 1. The van der Waals surface area contributed by atoms with Crippen LogP contribution in [-0.4, -0.2) is 73.3 Å². The third-order valence-electron chi connectivity index (χ3n) is 7.59. The second-order valence-corrected chi connectivity index (χ2v) is 13.0. The minimum atomic E-state index is -1.17. The molecule has 12 heteroatoms. The zero-order valence-corrected chi connectivity index (χ0v) is 22.3. The van der Waals surface area contributed by atoms with E-state index in [1.54, 1.807) is 17.3 Å². The lowest BCUT2D eigenvalue weighted by molar-refractivity contribution is 0.0970. The molecular weight excluding hydrogens is 480 g/mol. The number of piperidine rings is 1. The number of hydrogen-bond acceptors (Lipinski definition) is 9. The fourth-order valence-corrected chi connectivity index (χ4v) is 6.42. The van der Waals surface area contributed by atoms with Crippen molar-refractivity contribution in [2.45, 2.75) is 70.4 Å². The Morgan fingerprint density at radius 2 is 2.03 bits per heavy atom. The van der Waals surface area contributed by atoms with Crippen LogP contribution in [0.3, 0.4) is 0 Å². The molecule has 0 aromatic carbocycles. The molecule has 0 aliphatic carbocycles. The largest absolute Gasteiger partial charge is 0.598 e. The van der Waals surface area contributed by atoms with Crippen LogP contribution in [0.4, 0.5) is 17.5 Å². The van der Waals surface area contributed by atoms with Gasteiger partial charge in [-0.1, -0.05) is 0 Å². The SMILES string of the molecule is C[C@@H]1OCC2(CCN(c3cnc(C(=O)N4CCCn5nccc54)c(N)n3)CC2)[C@@H]1N[S+]([O-])C(C)(C)C. The molecule has 5 rings (SSSR count). The lowest BCUT2D eigenvalue weighted by Crippen LogP contribution is -2.56. The van der Waals surface area contributed by atoms with Gasteiger partial charge in [0.25, 0.3) is 5.91 Å². The number of hydrogen-bond donors (Lipinski definition) is 2. The van der Waals surface area contributed by atoms with Crippen LogP contribution in [0, 0.1) is 5.41 Å². The van der Waals surface area contributed by atoms with Crippen LogP contribution < -0.4 is 20.3 Å². The quantitative estimate of drug-likeness (QED) is 0.582. The third kappa shape index (κ3) is 4.55. The summed E-state index contributed by atoms with van der Waals surface area (Å²) in [5.41, 5.74) is 6.33. The maximum atomic E-state index is 13.2. The zero-order chi connectivity index (χ0) is 25.7. The molecule has 3 atom stereocenters. The molecule has 5 heterocycles. The summed E-state index contributed by atoms with van der Waals surface area (Å²) in [6.07, 6.45) is 5.89. The number of nitrogen functional groups attached to an aromatic ring is 1. The van der Waals surface area contributed by atoms with Gasteiger partial charge in [0.15, 0.2) is 11.5 Å². The molecule has 3 aliphatic heterocycles. The highest BCUT2D eigenvalue weighted by molar-refractivity contribution is 7.90. The van der Waals surface area contributed by atoms with E-state index in [0.717, 1.165) is 44.7 Å². The fourth-order valence-electron chi connectivity index (χ4n) is 5.40. The Balaban J connectivity index is 1.27. The highest BCUT2D eigenvalue weighted by Crippen LogP contribution is 2.43. The molecule has 0 saturated carbocycles. The number of nitrogens with two attached hydrogens (primary N) is 1. The monoisotopic (exact) mass is 516 g/mol. The van der Waals surface area contributed by atoms with E-state index in [4.69, 9.17) is 10.5 Å². The maximum absolute atomic E-state index is 13.2. The molecule has 196 valence electrons. The van der Waals surface area contributed by atoms with Crippen molar-refractivity contribution >= 4 is 34.7 Å². The summed E-state index contributed by atoms with van der Waals surface area (Å²) in [5, 5.41) is 4.27. The van der Waals surface area contributed by atoms with Gasteiger partial charge in [-0.05, 0) is 47.0 Å². The number of nitrogens with zero attached hydrogens (tertiary/aromatic N) is 6. The second kappa shape index (κ2) is 9.47. The van der Waals surface area contributed by atoms with Gasteiger partial charge in [-0.2, -0.15) is 5.10 Å². The molecule has 3 N–H and O–H groups in total. The van der Waals surface area contributed by atoms with E-state index in [2.05, 4.69) is 31.6 Å². The first-order chi connectivity index (χ1) is 17.1. The molecule has 36 heavy (non-hydrogen) atoms. The summed E-state index contributed by atoms with van der Waals surface area (Å²) in [7, 11) is 0. The molecular formula is C24H36N8O3S. The highest BCUT2D eigenvalue weighted by atomic mass is 32.2. The topological polar surface area (TPSA) is 137 Å². The summed E-state index contributed by atoms with van der Waals surface area (Å²) in [5.74, 6) is 1.29. The molecule has 2 fully saturated rings. The molecule has 0 radical (unpaired) electrons. The minimum absolute atomic E-state index is 0.00493.